The molecule has 1 aliphatic heterocycles. The van der Waals surface area contributed by atoms with E-state index in [0.717, 1.165) is 11.5 Å². The molecule has 1 heterocycles. The van der Waals surface area contributed by atoms with Gasteiger partial charge < -0.3 is 14.4 Å². The number of likely N-dealkylation sites (tertiary alicyclic amines) is 1. The molecule has 0 amide bonds. The van der Waals surface area contributed by atoms with E-state index < -0.39 is 0 Å². The highest BCUT2D eigenvalue weighted by Gasteiger charge is 2.61. The zero-order chi connectivity index (χ0) is 15.4. The molecule has 4 rings (SSSR count). The van der Waals surface area contributed by atoms with Crippen LogP contribution in [0.1, 0.15) is 31.2 Å². The van der Waals surface area contributed by atoms with E-state index in [-0.39, 0.29) is 5.41 Å². The average Bonchev–Trinajstić information content (AvgIpc) is 3.21. The first kappa shape index (κ1) is 14.1. The van der Waals surface area contributed by atoms with Gasteiger partial charge >= 0.3 is 0 Å². The molecule has 3 heteroatoms. The van der Waals surface area contributed by atoms with Crippen molar-refractivity contribution in [2.45, 2.75) is 37.1 Å². The Labute approximate surface area is 132 Å². The molecule has 118 valence electrons. The molecule has 1 aromatic carbocycles. The molecular formula is C19H25NO2. The Morgan fingerprint density at radius 1 is 1.09 bits per heavy atom. The van der Waals surface area contributed by atoms with Crippen LogP contribution < -0.4 is 9.47 Å². The minimum Gasteiger partial charge on any atom is -0.493 e. The number of rotatable bonds is 3. The third kappa shape index (κ3) is 1.78. The molecule has 2 atom stereocenters. The first-order valence-corrected chi connectivity index (χ1v) is 8.26. The fourth-order valence-electron chi connectivity index (χ4n) is 4.99. The van der Waals surface area contributed by atoms with Crippen molar-refractivity contribution >= 4 is 0 Å². The Hall–Kier alpha value is -1.48. The number of methoxy groups -OCH3 is 2. The van der Waals surface area contributed by atoms with Crippen LogP contribution in [0.2, 0.25) is 0 Å². The monoisotopic (exact) mass is 299 g/mol. The van der Waals surface area contributed by atoms with Gasteiger partial charge in [0.25, 0.3) is 0 Å². The van der Waals surface area contributed by atoms with Crippen LogP contribution in [0.25, 0.3) is 0 Å². The lowest BCUT2D eigenvalue weighted by atomic mass is 9.64. The molecule has 2 aliphatic carbocycles. The lowest BCUT2D eigenvalue weighted by Crippen LogP contribution is -2.48. The number of fused-ring (bicyclic) bond motifs is 2. The summed E-state index contributed by atoms with van der Waals surface area (Å²) in [6.07, 6.45) is 10.1. The Kier molecular flexibility index (Phi) is 3.06. The van der Waals surface area contributed by atoms with Crippen molar-refractivity contribution in [3.05, 3.63) is 35.9 Å². The first-order valence-electron chi connectivity index (χ1n) is 8.26. The van der Waals surface area contributed by atoms with Gasteiger partial charge in [0, 0.05) is 11.5 Å². The van der Waals surface area contributed by atoms with Crippen molar-refractivity contribution in [1.29, 1.82) is 0 Å². The molecule has 1 spiro atoms. The van der Waals surface area contributed by atoms with Crippen molar-refractivity contribution < 1.29 is 9.47 Å². The maximum absolute atomic E-state index is 5.54. The van der Waals surface area contributed by atoms with Gasteiger partial charge in [-0.2, -0.15) is 0 Å². The van der Waals surface area contributed by atoms with E-state index >= 15 is 0 Å². The molecule has 2 fully saturated rings. The van der Waals surface area contributed by atoms with Gasteiger partial charge in [-0.05, 0) is 62.4 Å². The number of likely N-dealkylation sites (N-methyl/N-ethyl adjacent to an activating group) is 1. The second-order valence-electron chi connectivity index (χ2n) is 7.21. The van der Waals surface area contributed by atoms with Crippen LogP contribution in [0.4, 0.5) is 0 Å². The Balaban J connectivity index is 1.83. The molecule has 0 radical (unpaired) electrons. The number of allylic oxidation sites excluding steroid dienone is 1. The van der Waals surface area contributed by atoms with Crippen molar-refractivity contribution in [2.24, 2.45) is 5.41 Å². The van der Waals surface area contributed by atoms with E-state index in [2.05, 4.69) is 42.3 Å². The predicted molar refractivity (Wildman–Crippen MR) is 87.7 cm³/mol. The topological polar surface area (TPSA) is 21.7 Å². The summed E-state index contributed by atoms with van der Waals surface area (Å²) in [5, 5.41) is 0. The van der Waals surface area contributed by atoms with Gasteiger partial charge in [-0.1, -0.05) is 18.2 Å². The van der Waals surface area contributed by atoms with Gasteiger partial charge in [0.2, 0.25) is 0 Å². The SMILES string of the molecule is COc1ccc([C@@]23C=CCC4(CC4)C2N(C)CC3)cc1OC. The summed E-state index contributed by atoms with van der Waals surface area (Å²) in [6, 6.07) is 7.11. The molecule has 0 bridgehead atoms. The first-order chi connectivity index (χ1) is 10.6. The normalized spacial score (nSPS) is 32.0. The number of hydrogen-bond donors (Lipinski definition) is 0. The summed E-state index contributed by atoms with van der Waals surface area (Å²) >= 11 is 0. The van der Waals surface area contributed by atoms with Crippen LogP contribution in [0, 0.1) is 5.41 Å². The van der Waals surface area contributed by atoms with Crippen molar-refractivity contribution in [2.75, 3.05) is 27.8 Å². The van der Waals surface area contributed by atoms with Crippen LogP contribution in [0.5, 0.6) is 11.5 Å². The molecule has 3 aliphatic rings. The van der Waals surface area contributed by atoms with Crippen LogP contribution in [-0.2, 0) is 5.41 Å². The maximum Gasteiger partial charge on any atom is 0.161 e. The van der Waals surface area contributed by atoms with E-state index in [1.54, 1.807) is 14.2 Å². The molecule has 0 aromatic heterocycles. The highest BCUT2D eigenvalue weighted by atomic mass is 16.5. The average molecular weight is 299 g/mol. The molecule has 1 aromatic rings. The number of benzene rings is 1. The fraction of sp³-hybridized carbons (Fsp3) is 0.579. The lowest BCUT2D eigenvalue weighted by molar-refractivity contribution is 0.161. The molecule has 1 unspecified atom stereocenters. The van der Waals surface area contributed by atoms with Gasteiger partial charge in [-0.25, -0.2) is 0 Å². The molecule has 3 nitrogen and oxygen atoms in total. The third-order valence-corrected chi connectivity index (χ3v) is 6.14. The van der Waals surface area contributed by atoms with E-state index in [4.69, 9.17) is 9.47 Å². The number of nitrogens with zero attached hydrogens (tertiary/aromatic N) is 1. The summed E-state index contributed by atoms with van der Waals surface area (Å²) in [7, 11) is 5.71. The molecule has 1 saturated heterocycles. The Morgan fingerprint density at radius 2 is 1.86 bits per heavy atom. The fourth-order valence-corrected chi connectivity index (χ4v) is 4.99. The van der Waals surface area contributed by atoms with Crippen molar-refractivity contribution in [3.63, 3.8) is 0 Å². The number of ether oxygens (including phenoxy) is 2. The molecular weight excluding hydrogens is 274 g/mol. The summed E-state index contributed by atoms with van der Waals surface area (Å²) in [4.78, 5) is 2.59. The smallest absolute Gasteiger partial charge is 0.161 e. The minimum absolute atomic E-state index is 0.142. The highest BCUT2D eigenvalue weighted by molar-refractivity contribution is 5.49. The standard InChI is InChI=1S/C19H25NO2/c1-20-12-11-19(8-4-7-18(9-10-18)17(19)20)14-5-6-15(21-2)16(13-14)22-3/h4-6,8,13,17H,7,9-12H2,1-3H3/t17?,19-/m0/s1. The maximum atomic E-state index is 5.54. The summed E-state index contributed by atoms with van der Waals surface area (Å²) < 4.78 is 11.0. The third-order valence-electron chi connectivity index (χ3n) is 6.14. The largest absolute Gasteiger partial charge is 0.493 e. The highest BCUT2D eigenvalue weighted by Crippen LogP contribution is 2.63. The zero-order valence-electron chi connectivity index (χ0n) is 13.8. The predicted octanol–water partition coefficient (Wildman–Crippen LogP) is 3.39. The molecule has 0 N–H and O–H groups in total. The second kappa shape index (κ2) is 4.76. The van der Waals surface area contributed by atoms with Gasteiger partial charge in [-0.3, -0.25) is 0 Å². The van der Waals surface area contributed by atoms with Gasteiger partial charge in [0.15, 0.2) is 11.5 Å². The second-order valence-corrected chi connectivity index (χ2v) is 7.21. The zero-order valence-corrected chi connectivity index (χ0v) is 13.8. The van der Waals surface area contributed by atoms with E-state index in [0.29, 0.717) is 11.5 Å². The summed E-state index contributed by atoms with van der Waals surface area (Å²) in [6.45, 7) is 1.17. The lowest BCUT2D eigenvalue weighted by Gasteiger charge is -2.44. The van der Waals surface area contributed by atoms with Gasteiger partial charge in [-0.15, -0.1) is 0 Å². The Morgan fingerprint density at radius 3 is 2.55 bits per heavy atom. The van der Waals surface area contributed by atoms with Crippen LogP contribution in [-0.4, -0.2) is 38.8 Å². The van der Waals surface area contributed by atoms with E-state index in [1.807, 2.05) is 0 Å². The molecule has 1 saturated carbocycles. The van der Waals surface area contributed by atoms with Crippen LogP contribution in [0.15, 0.2) is 30.4 Å². The van der Waals surface area contributed by atoms with Crippen molar-refractivity contribution in [1.82, 2.24) is 4.90 Å². The summed E-state index contributed by atoms with van der Waals surface area (Å²) in [5.74, 6) is 1.65. The van der Waals surface area contributed by atoms with Gasteiger partial charge in [0.1, 0.15) is 0 Å². The van der Waals surface area contributed by atoms with E-state index in [1.165, 1.54) is 37.8 Å². The van der Waals surface area contributed by atoms with Crippen LogP contribution >= 0.6 is 0 Å². The Bertz CT molecular complexity index is 620. The van der Waals surface area contributed by atoms with Crippen LogP contribution in [0.3, 0.4) is 0 Å². The quantitative estimate of drug-likeness (QED) is 0.799. The molecule has 22 heavy (non-hydrogen) atoms. The summed E-state index contributed by atoms with van der Waals surface area (Å²) in [5.41, 5.74) is 2.04. The number of hydrogen-bond acceptors (Lipinski definition) is 3. The van der Waals surface area contributed by atoms with E-state index in [9.17, 15) is 0 Å². The minimum atomic E-state index is 0.142. The van der Waals surface area contributed by atoms with Gasteiger partial charge in [0.05, 0.1) is 14.2 Å². The van der Waals surface area contributed by atoms with Crippen molar-refractivity contribution in [3.8, 4) is 11.5 Å².